The standard InChI is InChI=1S/C23H27NO2Si/c1-26-22(25)16-23(14-15-27(2,3)4)21-13-9-8-12-20(21)18-24(23)17-19-10-6-5-7-11-19/h5-13H,16-18H2,1-4H3. The number of rotatable bonds is 4. The highest BCUT2D eigenvalue weighted by atomic mass is 28.3. The molecule has 27 heavy (non-hydrogen) atoms. The number of carbonyl (C=O) groups excluding carboxylic acids is 1. The van der Waals surface area contributed by atoms with Crippen molar-refractivity contribution in [2.24, 2.45) is 0 Å². The van der Waals surface area contributed by atoms with Gasteiger partial charge >= 0.3 is 5.97 Å². The van der Waals surface area contributed by atoms with Crippen LogP contribution < -0.4 is 0 Å². The first kappa shape index (κ1) is 19.4. The SMILES string of the molecule is COC(=O)CC1(C#C[Si](C)(C)C)c2ccccc2CN1Cc1ccccc1. The summed E-state index contributed by atoms with van der Waals surface area (Å²) in [6.07, 6.45) is 0.241. The minimum absolute atomic E-state index is 0.227. The number of hydrogen-bond acceptors (Lipinski definition) is 3. The molecule has 2 aromatic carbocycles. The lowest BCUT2D eigenvalue weighted by Crippen LogP contribution is -2.42. The molecular formula is C23H27NO2Si. The van der Waals surface area contributed by atoms with E-state index in [2.05, 4.69) is 66.3 Å². The van der Waals surface area contributed by atoms with Crippen LogP contribution in [0.25, 0.3) is 0 Å². The lowest BCUT2D eigenvalue weighted by atomic mass is 9.87. The van der Waals surface area contributed by atoms with Gasteiger partial charge in [-0.15, -0.1) is 5.54 Å². The van der Waals surface area contributed by atoms with E-state index in [0.717, 1.165) is 18.7 Å². The minimum atomic E-state index is -1.62. The highest BCUT2D eigenvalue weighted by Crippen LogP contribution is 2.42. The summed E-state index contributed by atoms with van der Waals surface area (Å²) < 4.78 is 5.06. The fourth-order valence-corrected chi connectivity index (χ4v) is 4.12. The van der Waals surface area contributed by atoms with Crippen LogP contribution in [0.4, 0.5) is 0 Å². The first-order valence-electron chi connectivity index (χ1n) is 9.32. The fourth-order valence-electron chi connectivity index (χ4n) is 3.54. The molecule has 0 spiro atoms. The summed E-state index contributed by atoms with van der Waals surface area (Å²) in [7, 11) is -0.167. The molecule has 0 N–H and O–H groups in total. The lowest BCUT2D eigenvalue weighted by Gasteiger charge is -2.34. The van der Waals surface area contributed by atoms with Crippen molar-refractivity contribution in [2.75, 3.05) is 7.11 Å². The predicted molar refractivity (Wildman–Crippen MR) is 112 cm³/mol. The maximum Gasteiger partial charge on any atom is 0.308 e. The summed E-state index contributed by atoms with van der Waals surface area (Å²) in [4.78, 5) is 14.7. The van der Waals surface area contributed by atoms with Crippen LogP contribution in [-0.4, -0.2) is 26.1 Å². The summed E-state index contributed by atoms with van der Waals surface area (Å²) in [6.45, 7) is 8.21. The van der Waals surface area contributed by atoms with Crippen LogP contribution >= 0.6 is 0 Å². The molecule has 140 valence electrons. The molecule has 1 heterocycles. The molecule has 3 rings (SSSR count). The minimum Gasteiger partial charge on any atom is -0.469 e. The first-order chi connectivity index (χ1) is 12.8. The molecule has 0 amide bonds. The van der Waals surface area contributed by atoms with Gasteiger partial charge in [0.2, 0.25) is 0 Å². The molecule has 1 atom stereocenters. The Bertz CT molecular complexity index is 876. The van der Waals surface area contributed by atoms with Crippen LogP contribution in [-0.2, 0) is 28.2 Å². The zero-order valence-electron chi connectivity index (χ0n) is 16.6. The number of nitrogens with zero attached hydrogens (tertiary/aromatic N) is 1. The van der Waals surface area contributed by atoms with E-state index >= 15 is 0 Å². The zero-order chi connectivity index (χ0) is 19.5. The summed E-state index contributed by atoms with van der Waals surface area (Å²) in [5, 5.41) is 0. The quantitative estimate of drug-likeness (QED) is 0.451. The topological polar surface area (TPSA) is 29.5 Å². The Kier molecular flexibility index (Phi) is 5.55. The monoisotopic (exact) mass is 377 g/mol. The average Bonchev–Trinajstić information content (AvgIpc) is 2.94. The van der Waals surface area contributed by atoms with Crippen molar-refractivity contribution in [3.8, 4) is 11.5 Å². The van der Waals surface area contributed by atoms with Crippen molar-refractivity contribution in [1.82, 2.24) is 4.90 Å². The molecule has 0 bridgehead atoms. The Morgan fingerprint density at radius 1 is 1.11 bits per heavy atom. The summed E-state index contributed by atoms with van der Waals surface area (Å²) in [6, 6.07) is 18.7. The van der Waals surface area contributed by atoms with E-state index in [9.17, 15) is 4.79 Å². The van der Waals surface area contributed by atoms with E-state index in [0.29, 0.717) is 0 Å². The number of benzene rings is 2. The van der Waals surface area contributed by atoms with Crippen LogP contribution in [0, 0.1) is 11.5 Å². The highest BCUT2D eigenvalue weighted by molar-refractivity contribution is 6.83. The van der Waals surface area contributed by atoms with Gasteiger partial charge in [0.1, 0.15) is 13.6 Å². The van der Waals surface area contributed by atoms with E-state index in [-0.39, 0.29) is 12.4 Å². The van der Waals surface area contributed by atoms with Gasteiger partial charge in [0.05, 0.1) is 13.5 Å². The third-order valence-electron chi connectivity index (χ3n) is 4.85. The molecule has 0 radical (unpaired) electrons. The number of fused-ring (bicyclic) bond motifs is 1. The van der Waals surface area contributed by atoms with E-state index in [1.54, 1.807) is 0 Å². The number of hydrogen-bond donors (Lipinski definition) is 0. The van der Waals surface area contributed by atoms with Crippen LogP contribution in [0.1, 0.15) is 23.1 Å². The zero-order valence-corrected chi connectivity index (χ0v) is 17.6. The van der Waals surface area contributed by atoms with Crippen LogP contribution in [0.5, 0.6) is 0 Å². The summed E-state index contributed by atoms with van der Waals surface area (Å²) >= 11 is 0. The van der Waals surface area contributed by atoms with Gasteiger partial charge < -0.3 is 4.74 Å². The largest absolute Gasteiger partial charge is 0.469 e. The number of ether oxygens (including phenoxy) is 1. The second-order valence-electron chi connectivity index (χ2n) is 8.11. The van der Waals surface area contributed by atoms with Crippen molar-refractivity contribution in [3.05, 3.63) is 71.3 Å². The number of esters is 1. The van der Waals surface area contributed by atoms with Gasteiger partial charge in [0, 0.05) is 13.1 Å². The van der Waals surface area contributed by atoms with Crippen molar-refractivity contribution in [1.29, 1.82) is 0 Å². The van der Waals surface area contributed by atoms with Gasteiger partial charge in [0.25, 0.3) is 0 Å². The van der Waals surface area contributed by atoms with Gasteiger partial charge in [0.15, 0.2) is 0 Å². The Labute approximate surface area is 163 Å². The molecular weight excluding hydrogens is 350 g/mol. The van der Waals surface area contributed by atoms with Crippen LogP contribution in [0.15, 0.2) is 54.6 Å². The smallest absolute Gasteiger partial charge is 0.308 e. The Hall–Kier alpha value is -2.35. The molecule has 1 aliphatic rings. The maximum absolute atomic E-state index is 12.4. The maximum atomic E-state index is 12.4. The summed E-state index contributed by atoms with van der Waals surface area (Å²) in [5.74, 6) is 3.34. The lowest BCUT2D eigenvalue weighted by molar-refractivity contribution is -0.143. The Balaban J connectivity index is 2.12. The number of carbonyl (C=O) groups is 1. The first-order valence-corrected chi connectivity index (χ1v) is 12.8. The predicted octanol–water partition coefficient (Wildman–Crippen LogP) is 4.34. The van der Waals surface area contributed by atoms with E-state index in [1.165, 1.54) is 18.2 Å². The van der Waals surface area contributed by atoms with Gasteiger partial charge in [-0.2, -0.15) is 0 Å². The van der Waals surface area contributed by atoms with Crippen molar-refractivity contribution in [2.45, 2.75) is 44.7 Å². The van der Waals surface area contributed by atoms with E-state index in [1.807, 2.05) is 24.3 Å². The van der Waals surface area contributed by atoms with Gasteiger partial charge in [-0.1, -0.05) is 80.2 Å². The van der Waals surface area contributed by atoms with Crippen molar-refractivity contribution >= 4 is 14.0 Å². The van der Waals surface area contributed by atoms with Gasteiger partial charge in [-0.3, -0.25) is 9.69 Å². The molecule has 1 unspecified atom stereocenters. The molecule has 0 aliphatic carbocycles. The van der Waals surface area contributed by atoms with E-state index in [4.69, 9.17) is 4.74 Å². The molecule has 2 aromatic rings. The average molecular weight is 378 g/mol. The molecule has 3 nitrogen and oxygen atoms in total. The van der Waals surface area contributed by atoms with E-state index < -0.39 is 13.6 Å². The van der Waals surface area contributed by atoms with Crippen LogP contribution in [0.3, 0.4) is 0 Å². The molecule has 0 fully saturated rings. The normalized spacial score (nSPS) is 19.1. The second-order valence-corrected chi connectivity index (χ2v) is 12.9. The molecule has 0 saturated carbocycles. The molecule has 0 aromatic heterocycles. The molecule has 1 aliphatic heterocycles. The molecule has 0 saturated heterocycles. The van der Waals surface area contributed by atoms with Gasteiger partial charge in [-0.25, -0.2) is 0 Å². The van der Waals surface area contributed by atoms with Gasteiger partial charge in [-0.05, 0) is 16.7 Å². The van der Waals surface area contributed by atoms with Crippen LogP contribution in [0.2, 0.25) is 19.6 Å². The Morgan fingerprint density at radius 3 is 2.44 bits per heavy atom. The number of methoxy groups -OCH3 is 1. The Morgan fingerprint density at radius 2 is 1.78 bits per heavy atom. The highest BCUT2D eigenvalue weighted by Gasteiger charge is 2.45. The molecule has 4 heteroatoms. The third kappa shape index (κ3) is 4.32. The third-order valence-corrected chi connectivity index (χ3v) is 5.73. The second kappa shape index (κ2) is 7.72. The summed E-state index contributed by atoms with van der Waals surface area (Å²) in [5.41, 5.74) is 6.48. The fraction of sp³-hybridized carbons (Fsp3) is 0.348. The van der Waals surface area contributed by atoms with Crippen molar-refractivity contribution in [3.63, 3.8) is 0 Å². The van der Waals surface area contributed by atoms with Crippen molar-refractivity contribution < 1.29 is 9.53 Å².